The molecule has 1 amide bonds. The van der Waals surface area contributed by atoms with E-state index in [2.05, 4.69) is 10.3 Å². The van der Waals surface area contributed by atoms with Gasteiger partial charge >= 0.3 is 0 Å². The third-order valence-electron chi connectivity index (χ3n) is 1.67. The molecule has 0 saturated heterocycles. The van der Waals surface area contributed by atoms with E-state index < -0.39 is 0 Å². The fourth-order valence-corrected chi connectivity index (χ4v) is 0.969. The summed E-state index contributed by atoms with van der Waals surface area (Å²) in [4.78, 5) is 15.3. The number of aromatic nitrogens is 1. The van der Waals surface area contributed by atoms with Crippen LogP contribution in [0.2, 0.25) is 0 Å². The molecular formula is C10H15N3O2. The topological polar surface area (TPSA) is 77.2 Å². The highest BCUT2D eigenvalue weighted by Crippen LogP contribution is 2.03. The molecule has 0 aliphatic carbocycles. The molecule has 1 aromatic heterocycles. The first-order valence-corrected chi connectivity index (χ1v) is 4.72. The van der Waals surface area contributed by atoms with Crippen LogP contribution in [-0.4, -0.2) is 30.6 Å². The minimum Gasteiger partial charge on any atom is -0.370 e. The van der Waals surface area contributed by atoms with Gasteiger partial charge in [-0.05, 0) is 18.6 Å². The van der Waals surface area contributed by atoms with Crippen molar-refractivity contribution in [3.63, 3.8) is 0 Å². The lowest BCUT2D eigenvalue weighted by Gasteiger charge is -2.04. The summed E-state index contributed by atoms with van der Waals surface area (Å²) in [6.07, 6.45) is 1.69. The second-order valence-corrected chi connectivity index (χ2v) is 3.11. The molecule has 0 unspecified atom stereocenters. The Labute approximate surface area is 88.6 Å². The number of ether oxygens (including phenoxy) is 1. The minimum atomic E-state index is -0.222. The molecule has 0 fully saturated rings. The summed E-state index contributed by atoms with van der Waals surface area (Å²) in [6.45, 7) is 2.74. The number of nitrogens with one attached hydrogen (secondary N) is 1. The van der Waals surface area contributed by atoms with Crippen molar-refractivity contribution in [1.82, 2.24) is 4.98 Å². The van der Waals surface area contributed by atoms with Gasteiger partial charge in [-0.15, -0.1) is 0 Å². The number of carbonyl (C=O) groups is 1. The molecule has 0 saturated carbocycles. The SMILES string of the molecule is Cc1ccc(NC(=O)COCCN)nc1. The van der Waals surface area contributed by atoms with Crippen molar-refractivity contribution < 1.29 is 9.53 Å². The molecule has 0 radical (unpaired) electrons. The van der Waals surface area contributed by atoms with Crippen LogP contribution < -0.4 is 11.1 Å². The third kappa shape index (κ3) is 4.53. The summed E-state index contributed by atoms with van der Waals surface area (Å²) in [5.74, 6) is 0.307. The summed E-state index contributed by atoms with van der Waals surface area (Å²) in [5, 5.41) is 2.61. The Morgan fingerprint density at radius 1 is 1.60 bits per heavy atom. The number of anilines is 1. The van der Waals surface area contributed by atoms with E-state index in [1.807, 2.05) is 13.0 Å². The second kappa shape index (κ2) is 6.10. The van der Waals surface area contributed by atoms with Gasteiger partial charge in [-0.1, -0.05) is 6.07 Å². The van der Waals surface area contributed by atoms with Gasteiger partial charge in [0.1, 0.15) is 12.4 Å². The van der Waals surface area contributed by atoms with Crippen LogP contribution in [0.1, 0.15) is 5.56 Å². The smallest absolute Gasteiger partial charge is 0.251 e. The maximum absolute atomic E-state index is 11.3. The van der Waals surface area contributed by atoms with E-state index in [-0.39, 0.29) is 12.5 Å². The molecule has 82 valence electrons. The number of hydrogen-bond acceptors (Lipinski definition) is 4. The largest absolute Gasteiger partial charge is 0.370 e. The van der Waals surface area contributed by atoms with Crippen LogP contribution in [0.3, 0.4) is 0 Å². The van der Waals surface area contributed by atoms with Crippen LogP contribution >= 0.6 is 0 Å². The Balaban J connectivity index is 2.34. The Bertz CT molecular complexity index is 311. The lowest BCUT2D eigenvalue weighted by atomic mass is 10.3. The summed E-state index contributed by atoms with van der Waals surface area (Å²) >= 11 is 0. The van der Waals surface area contributed by atoms with E-state index in [1.54, 1.807) is 12.3 Å². The predicted octanol–water partition coefficient (Wildman–Crippen LogP) is 0.304. The third-order valence-corrected chi connectivity index (χ3v) is 1.67. The number of amides is 1. The molecule has 1 aromatic rings. The second-order valence-electron chi connectivity index (χ2n) is 3.11. The van der Waals surface area contributed by atoms with Gasteiger partial charge < -0.3 is 15.8 Å². The first-order chi connectivity index (χ1) is 7.22. The molecule has 5 heteroatoms. The zero-order chi connectivity index (χ0) is 11.1. The number of nitrogens with zero attached hydrogens (tertiary/aromatic N) is 1. The molecule has 3 N–H and O–H groups in total. The van der Waals surface area contributed by atoms with Crippen LogP contribution in [0.25, 0.3) is 0 Å². The van der Waals surface area contributed by atoms with Gasteiger partial charge in [-0.3, -0.25) is 4.79 Å². The van der Waals surface area contributed by atoms with Crippen LogP contribution in [0.4, 0.5) is 5.82 Å². The molecule has 1 rings (SSSR count). The summed E-state index contributed by atoms with van der Waals surface area (Å²) in [7, 11) is 0. The van der Waals surface area contributed by atoms with Gasteiger partial charge in [0, 0.05) is 12.7 Å². The Hall–Kier alpha value is -1.46. The maximum Gasteiger partial charge on any atom is 0.251 e. The van der Waals surface area contributed by atoms with Crippen molar-refractivity contribution in [2.45, 2.75) is 6.92 Å². The number of hydrogen-bond donors (Lipinski definition) is 2. The van der Waals surface area contributed by atoms with Crippen molar-refractivity contribution in [1.29, 1.82) is 0 Å². The van der Waals surface area contributed by atoms with E-state index in [0.717, 1.165) is 5.56 Å². The van der Waals surface area contributed by atoms with Crippen molar-refractivity contribution in [2.75, 3.05) is 25.1 Å². The maximum atomic E-state index is 11.3. The van der Waals surface area contributed by atoms with Gasteiger partial charge in [0.05, 0.1) is 6.61 Å². The van der Waals surface area contributed by atoms with Gasteiger partial charge in [0.25, 0.3) is 5.91 Å². The highest BCUT2D eigenvalue weighted by molar-refractivity contribution is 5.90. The Morgan fingerprint density at radius 2 is 2.40 bits per heavy atom. The van der Waals surface area contributed by atoms with Crippen LogP contribution in [0.15, 0.2) is 18.3 Å². The number of pyridine rings is 1. The predicted molar refractivity (Wildman–Crippen MR) is 57.5 cm³/mol. The van der Waals surface area contributed by atoms with Gasteiger partial charge in [-0.25, -0.2) is 4.98 Å². The van der Waals surface area contributed by atoms with Gasteiger partial charge in [-0.2, -0.15) is 0 Å². The molecule has 0 aliphatic rings. The van der Waals surface area contributed by atoms with Gasteiger partial charge in [0.2, 0.25) is 0 Å². The Kier molecular flexibility index (Phi) is 4.73. The lowest BCUT2D eigenvalue weighted by molar-refractivity contribution is -0.120. The Morgan fingerprint density at radius 3 is 3.00 bits per heavy atom. The highest BCUT2D eigenvalue weighted by atomic mass is 16.5. The minimum absolute atomic E-state index is 0.00670. The van der Waals surface area contributed by atoms with E-state index in [1.165, 1.54) is 0 Å². The van der Waals surface area contributed by atoms with Crippen molar-refractivity contribution in [3.8, 4) is 0 Å². The molecule has 0 aliphatic heterocycles. The highest BCUT2D eigenvalue weighted by Gasteiger charge is 2.02. The van der Waals surface area contributed by atoms with E-state index in [0.29, 0.717) is 19.0 Å². The monoisotopic (exact) mass is 209 g/mol. The number of rotatable bonds is 5. The number of nitrogens with two attached hydrogens (primary N) is 1. The van der Waals surface area contributed by atoms with Gasteiger partial charge in [0.15, 0.2) is 0 Å². The van der Waals surface area contributed by atoms with E-state index in [9.17, 15) is 4.79 Å². The standard InChI is InChI=1S/C10H15N3O2/c1-8-2-3-9(12-6-8)13-10(14)7-15-5-4-11/h2-3,6H,4-5,7,11H2,1H3,(H,12,13,14). The van der Waals surface area contributed by atoms with Crippen molar-refractivity contribution in [2.24, 2.45) is 5.73 Å². The first kappa shape index (κ1) is 11.6. The fraction of sp³-hybridized carbons (Fsp3) is 0.400. The van der Waals surface area contributed by atoms with Crippen molar-refractivity contribution in [3.05, 3.63) is 23.9 Å². The number of carbonyl (C=O) groups excluding carboxylic acids is 1. The van der Waals surface area contributed by atoms with Crippen molar-refractivity contribution >= 4 is 11.7 Å². The molecule has 5 nitrogen and oxygen atoms in total. The summed E-state index contributed by atoms with van der Waals surface area (Å²) < 4.78 is 4.98. The molecule has 0 bridgehead atoms. The zero-order valence-corrected chi connectivity index (χ0v) is 8.69. The first-order valence-electron chi connectivity index (χ1n) is 4.72. The quantitative estimate of drug-likeness (QED) is 0.684. The zero-order valence-electron chi connectivity index (χ0n) is 8.69. The molecule has 0 aromatic carbocycles. The average Bonchev–Trinajstić information content (AvgIpc) is 2.22. The molecule has 1 heterocycles. The summed E-state index contributed by atoms with van der Waals surface area (Å²) in [5.41, 5.74) is 6.26. The average molecular weight is 209 g/mol. The fourth-order valence-electron chi connectivity index (χ4n) is 0.969. The summed E-state index contributed by atoms with van der Waals surface area (Å²) in [6, 6.07) is 3.62. The molecule has 0 atom stereocenters. The molecule has 15 heavy (non-hydrogen) atoms. The molecular weight excluding hydrogens is 194 g/mol. The molecule has 0 spiro atoms. The normalized spacial score (nSPS) is 10.0. The number of aryl methyl sites for hydroxylation is 1. The lowest BCUT2D eigenvalue weighted by Crippen LogP contribution is -2.21. The van der Waals surface area contributed by atoms with Crippen LogP contribution in [0.5, 0.6) is 0 Å². The van der Waals surface area contributed by atoms with E-state index >= 15 is 0 Å². The van der Waals surface area contributed by atoms with Crippen LogP contribution in [0, 0.1) is 6.92 Å². The van der Waals surface area contributed by atoms with Crippen LogP contribution in [-0.2, 0) is 9.53 Å². The van der Waals surface area contributed by atoms with E-state index in [4.69, 9.17) is 10.5 Å².